The fraction of sp³-hybridized carbons (Fsp3) is 0.417. The molecule has 2 heterocycles. The standard InChI is InChI=1S/C12H13NO3S4.Na/c1-2-3-4-13-10(16)9(20-12(13)17)11-18-6-7(19-11)5-8(14)15;/h6H,2-5H2,1H3,(H,14,15);/q;+1/p-1/b11-9+;. The Hall–Kier alpha value is 0.560. The molecule has 1 fully saturated rings. The van der Waals surface area contributed by atoms with E-state index in [0.29, 0.717) is 20.7 Å². The van der Waals surface area contributed by atoms with Crippen molar-refractivity contribution in [2.24, 2.45) is 0 Å². The van der Waals surface area contributed by atoms with Gasteiger partial charge >= 0.3 is 29.6 Å². The van der Waals surface area contributed by atoms with E-state index in [1.807, 2.05) is 0 Å². The average Bonchev–Trinajstić information content (AvgIpc) is 2.93. The number of carboxylic acids is 1. The topological polar surface area (TPSA) is 60.4 Å². The van der Waals surface area contributed by atoms with Crippen LogP contribution in [0.25, 0.3) is 0 Å². The second-order valence-corrected chi connectivity index (χ2v) is 8.07. The first kappa shape index (κ1) is 19.6. The van der Waals surface area contributed by atoms with E-state index in [1.165, 1.54) is 35.3 Å². The van der Waals surface area contributed by atoms with Crippen molar-refractivity contribution in [2.45, 2.75) is 26.2 Å². The molecule has 108 valence electrons. The molecule has 2 rings (SSSR count). The van der Waals surface area contributed by atoms with Crippen LogP contribution in [0.2, 0.25) is 0 Å². The summed E-state index contributed by atoms with van der Waals surface area (Å²) in [7, 11) is 0. The summed E-state index contributed by atoms with van der Waals surface area (Å²) in [6.45, 7) is 2.71. The van der Waals surface area contributed by atoms with E-state index in [1.54, 1.807) is 10.3 Å². The zero-order chi connectivity index (χ0) is 14.7. The first-order valence-electron chi connectivity index (χ1n) is 6.04. The Bertz CT molecular complexity index is 533. The van der Waals surface area contributed by atoms with Crippen LogP contribution in [-0.4, -0.2) is 27.6 Å². The summed E-state index contributed by atoms with van der Waals surface area (Å²) in [5, 5.41) is 12.3. The number of hydrogen-bond acceptors (Lipinski definition) is 7. The van der Waals surface area contributed by atoms with Crippen molar-refractivity contribution in [3.05, 3.63) is 19.5 Å². The van der Waals surface area contributed by atoms with Crippen molar-refractivity contribution < 1.29 is 44.3 Å². The third-order valence-electron chi connectivity index (χ3n) is 2.61. The first-order chi connectivity index (χ1) is 9.52. The van der Waals surface area contributed by atoms with Crippen molar-refractivity contribution in [1.29, 1.82) is 0 Å². The zero-order valence-corrected chi connectivity index (χ0v) is 17.0. The molecule has 2 aliphatic heterocycles. The monoisotopic (exact) mass is 369 g/mol. The summed E-state index contributed by atoms with van der Waals surface area (Å²) in [4.78, 5) is 25.8. The number of aliphatic carboxylic acids is 1. The van der Waals surface area contributed by atoms with Gasteiger partial charge in [-0.25, -0.2) is 0 Å². The molecule has 9 heteroatoms. The van der Waals surface area contributed by atoms with E-state index in [-0.39, 0.29) is 41.9 Å². The third-order valence-corrected chi connectivity index (χ3v) is 6.74. The van der Waals surface area contributed by atoms with Crippen LogP contribution < -0.4 is 34.7 Å². The molecular weight excluding hydrogens is 357 g/mol. The zero-order valence-electron chi connectivity index (χ0n) is 11.7. The summed E-state index contributed by atoms with van der Waals surface area (Å²) < 4.78 is 1.40. The number of amides is 1. The van der Waals surface area contributed by atoms with Crippen molar-refractivity contribution in [1.82, 2.24) is 4.90 Å². The maximum atomic E-state index is 12.3. The summed E-state index contributed by atoms with van der Waals surface area (Å²) in [5.41, 5.74) is 0. The van der Waals surface area contributed by atoms with Crippen LogP contribution in [0.15, 0.2) is 19.5 Å². The Morgan fingerprint density at radius 1 is 1.43 bits per heavy atom. The van der Waals surface area contributed by atoms with Crippen molar-refractivity contribution in [3.63, 3.8) is 0 Å². The molecule has 0 spiro atoms. The maximum absolute atomic E-state index is 12.3. The molecule has 1 saturated heterocycles. The van der Waals surface area contributed by atoms with Gasteiger partial charge in [-0.3, -0.25) is 9.69 Å². The van der Waals surface area contributed by atoms with E-state index < -0.39 is 5.97 Å². The van der Waals surface area contributed by atoms with Crippen molar-refractivity contribution in [2.75, 3.05) is 6.54 Å². The third kappa shape index (κ3) is 5.02. The molecule has 1 amide bonds. The van der Waals surface area contributed by atoms with Crippen LogP contribution in [0.4, 0.5) is 0 Å². The first-order valence-corrected chi connectivity index (χ1v) is 8.96. The molecule has 21 heavy (non-hydrogen) atoms. The fourth-order valence-electron chi connectivity index (χ4n) is 1.64. The predicted molar refractivity (Wildman–Crippen MR) is 86.7 cm³/mol. The maximum Gasteiger partial charge on any atom is 1.00 e. The molecule has 0 aromatic heterocycles. The molecule has 0 unspecified atom stereocenters. The Labute approximate surface area is 163 Å². The minimum Gasteiger partial charge on any atom is -0.550 e. The van der Waals surface area contributed by atoms with E-state index in [4.69, 9.17) is 12.2 Å². The molecule has 0 aromatic carbocycles. The molecular formula is C12H12NNaO3S4. The quantitative estimate of drug-likeness (QED) is 0.360. The molecule has 0 atom stereocenters. The van der Waals surface area contributed by atoms with E-state index in [9.17, 15) is 14.7 Å². The Balaban J connectivity index is 0.00000220. The van der Waals surface area contributed by atoms with Gasteiger partial charge in [-0.1, -0.05) is 60.8 Å². The Morgan fingerprint density at radius 2 is 2.14 bits per heavy atom. The van der Waals surface area contributed by atoms with E-state index in [2.05, 4.69) is 6.92 Å². The number of hydrogen-bond donors (Lipinski definition) is 0. The molecule has 4 nitrogen and oxygen atoms in total. The molecule has 0 saturated carbocycles. The van der Waals surface area contributed by atoms with Crippen molar-refractivity contribution >= 4 is 63.7 Å². The smallest absolute Gasteiger partial charge is 0.550 e. The summed E-state index contributed by atoms with van der Waals surface area (Å²) >= 11 is 9.24. The van der Waals surface area contributed by atoms with E-state index in [0.717, 1.165) is 17.1 Å². The molecule has 0 radical (unpaired) electrons. The molecule has 0 bridgehead atoms. The normalized spacial score (nSPS) is 21.6. The number of carbonyl (C=O) groups excluding carboxylic acids is 2. The second-order valence-electron chi connectivity index (χ2n) is 4.15. The number of carboxylic acid groups (broad SMARTS) is 1. The van der Waals surface area contributed by atoms with Gasteiger partial charge in [0.2, 0.25) is 0 Å². The van der Waals surface area contributed by atoms with Gasteiger partial charge in [-0.2, -0.15) is 0 Å². The van der Waals surface area contributed by atoms with Gasteiger partial charge in [0.15, 0.2) is 0 Å². The Kier molecular flexibility index (Phi) is 8.40. The van der Waals surface area contributed by atoms with Gasteiger partial charge in [0.1, 0.15) is 9.23 Å². The average molecular weight is 369 g/mol. The number of thioether (sulfide) groups is 3. The SMILES string of the molecule is CCCCN1C(=O)/C(=C2/SC=C(CC(=O)[O-])S2)SC1=S.[Na+]. The molecule has 0 aliphatic carbocycles. The van der Waals surface area contributed by atoms with Gasteiger partial charge in [-0.15, -0.1) is 0 Å². The van der Waals surface area contributed by atoms with Gasteiger partial charge in [0.25, 0.3) is 5.91 Å². The van der Waals surface area contributed by atoms with Crippen molar-refractivity contribution in [3.8, 4) is 0 Å². The second kappa shape index (κ2) is 9.00. The van der Waals surface area contributed by atoms with E-state index >= 15 is 0 Å². The molecule has 2 aliphatic rings. The van der Waals surface area contributed by atoms with Crippen LogP contribution >= 0.6 is 47.5 Å². The number of thiocarbonyl (C=S) groups is 1. The predicted octanol–water partition coefficient (Wildman–Crippen LogP) is -0.719. The number of carbonyl (C=O) groups is 2. The number of nitrogens with zero attached hydrogens (tertiary/aromatic N) is 1. The minimum atomic E-state index is -1.11. The molecule has 0 aromatic rings. The van der Waals surface area contributed by atoms with Crippen LogP contribution in [0.3, 0.4) is 0 Å². The van der Waals surface area contributed by atoms with Gasteiger partial charge in [-0.05, 0) is 11.8 Å². The number of rotatable bonds is 5. The minimum absolute atomic E-state index is 0. The largest absolute Gasteiger partial charge is 1.00 e. The van der Waals surface area contributed by atoms with Crippen LogP contribution in [0, 0.1) is 0 Å². The van der Waals surface area contributed by atoms with Gasteiger partial charge < -0.3 is 9.90 Å². The summed E-state index contributed by atoms with van der Waals surface area (Å²) in [5.74, 6) is -1.17. The Morgan fingerprint density at radius 3 is 2.76 bits per heavy atom. The fourth-order valence-corrected chi connectivity index (χ4v) is 5.44. The van der Waals surface area contributed by atoms with Gasteiger partial charge in [0, 0.05) is 23.8 Å². The van der Waals surface area contributed by atoms with Gasteiger partial charge in [0.05, 0.1) is 4.24 Å². The summed E-state index contributed by atoms with van der Waals surface area (Å²) in [6, 6.07) is 0. The van der Waals surface area contributed by atoms with Crippen LogP contribution in [0.5, 0.6) is 0 Å². The summed E-state index contributed by atoms with van der Waals surface area (Å²) in [6.07, 6.45) is 1.81. The number of unbranched alkanes of at least 4 members (excludes halogenated alkanes) is 1. The molecule has 0 N–H and O–H groups in total. The van der Waals surface area contributed by atoms with Crippen LogP contribution in [-0.2, 0) is 9.59 Å². The van der Waals surface area contributed by atoms with Crippen LogP contribution in [0.1, 0.15) is 26.2 Å².